The number of para-hydroxylation sites is 1. The van der Waals surface area contributed by atoms with Crippen LogP contribution in [0.2, 0.25) is 0 Å². The molecular weight excluding hydrogens is 456 g/mol. The van der Waals surface area contributed by atoms with Gasteiger partial charge < -0.3 is 30.8 Å². The number of rotatable bonds is 10. The number of fused-ring (bicyclic) bond motifs is 2. The lowest BCUT2D eigenvalue weighted by Gasteiger charge is -2.19. The largest absolute Gasteiger partial charge is 0.508 e. The number of unbranched alkanes of at least 4 members (excludes halogenated alkanes) is 3. The van der Waals surface area contributed by atoms with Gasteiger partial charge in [0.1, 0.15) is 11.4 Å². The molecule has 0 saturated heterocycles. The molecule has 4 rings (SSSR count). The lowest BCUT2D eigenvalue weighted by atomic mass is 9.95. The Kier molecular flexibility index (Phi) is 7.84. The van der Waals surface area contributed by atoms with Crippen molar-refractivity contribution < 1.29 is 19.4 Å². The average Bonchev–Trinajstić information content (AvgIpc) is 3.33. The van der Waals surface area contributed by atoms with Crippen LogP contribution < -0.4 is 16.0 Å². The number of aromatic hydroxyl groups is 1. The number of phenols is 1. The lowest BCUT2D eigenvalue weighted by Crippen LogP contribution is -2.33. The number of hydrogen-bond acceptors (Lipinski definition) is 5. The number of hydrogen-bond donors (Lipinski definition) is 5. The van der Waals surface area contributed by atoms with E-state index in [1.54, 1.807) is 18.2 Å². The molecule has 8 heteroatoms. The molecule has 8 nitrogen and oxygen atoms in total. The van der Waals surface area contributed by atoms with E-state index in [9.17, 15) is 14.7 Å². The molecule has 192 valence electrons. The fourth-order valence-corrected chi connectivity index (χ4v) is 4.65. The summed E-state index contributed by atoms with van der Waals surface area (Å²) in [5.74, 6) is 0.0245. The highest BCUT2D eigenvalue weighted by Crippen LogP contribution is 2.38. The molecule has 1 aliphatic heterocycles. The molecule has 1 atom stereocenters. The van der Waals surface area contributed by atoms with Gasteiger partial charge in [0.15, 0.2) is 0 Å². The predicted molar refractivity (Wildman–Crippen MR) is 140 cm³/mol. The van der Waals surface area contributed by atoms with E-state index >= 15 is 0 Å². The Morgan fingerprint density at radius 1 is 1.06 bits per heavy atom. The fourth-order valence-electron chi connectivity index (χ4n) is 4.65. The molecule has 1 unspecified atom stereocenters. The first-order valence-electron chi connectivity index (χ1n) is 12.6. The first kappa shape index (κ1) is 25.6. The normalized spacial score (nSPS) is 15.1. The van der Waals surface area contributed by atoms with Gasteiger partial charge in [0.05, 0.1) is 6.04 Å². The molecule has 1 aromatic heterocycles. The van der Waals surface area contributed by atoms with Crippen molar-refractivity contribution in [1.82, 2.24) is 20.9 Å². The highest BCUT2D eigenvalue weighted by molar-refractivity contribution is 6.01. The Morgan fingerprint density at radius 3 is 2.58 bits per heavy atom. The second kappa shape index (κ2) is 11.0. The monoisotopic (exact) mass is 492 g/mol. The molecule has 0 radical (unpaired) electrons. The summed E-state index contributed by atoms with van der Waals surface area (Å²) in [6.07, 6.45) is 3.67. The first-order chi connectivity index (χ1) is 17.2. The van der Waals surface area contributed by atoms with E-state index in [1.807, 2.05) is 39.0 Å². The Labute approximate surface area is 211 Å². The minimum Gasteiger partial charge on any atom is -0.508 e. The average molecular weight is 493 g/mol. The van der Waals surface area contributed by atoms with E-state index in [-0.39, 0.29) is 23.8 Å². The van der Waals surface area contributed by atoms with Crippen LogP contribution in [0.1, 0.15) is 79.7 Å². The third-order valence-electron chi connectivity index (χ3n) is 6.23. The fraction of sp³-hybridized carbons (Fsp3) is 0.429. The maximum absolute atomic E-state index is 12.6. The van der Waals surface area contributed by atoms with Gasteiger partial charge in [0.2, 0.25) is 0 Å². The summed E-state index contributed by atoms with van der Waals surface area (Å²) in [5, 5.41) is 20.5. The van der Waals surface area contributed by atoms with E-state index in [2.05, 4.69) is 27.0 Å². The zero-order valence-electron chi connectivity index (χ0n) is 21.2. The zero-order chi connectivity index (χ0) is 25.7. The molecule has 3 aromatic rings. The van der Waals surface area contributed by atoms with Crippen molar-refractivity contribution in [2.45, 2.75) is 64.6 Å². The van der Waals surface area contributed by atoms with Crippen molar-refractivity contribution in [2.24, 2.45) is 0 Å². The Balaban J connectivity index is 1.30. The van der Waals surface area contributed by atoms with Gasteiger partial charge in [-0.1, -0.05) is 31.0 Å². The molecule has 0 spiro atoms. The van der Waals surface area contributed by atoms with Gasteiger partial charge in [-0.3, -0.25) is 4.79 Å². The number of carbonyl (C=O) groups excluding carboxylic acids is 2. The summed E-state index contributed by atoms with van der Waals surface area (Å²) in [6, 6.07) is 12.7. The molecule has 5 N–H and O–H groups in total. The van der Waals surface area contributed by atoms with Crippen molar-refractivity contribution in [2.75, 3.05) is 13.1 Å². The number of ether oxygens (including phenoxy) is 1. The van der Waals surface area contributed by atoms with Crippen LogP contribution in [0.15, 0.2) is 42.5 Å². The van der Waals surface area contributed by atoms with Crippen LogP contribution in [0.25, 0.3) is 10.9 Å². The Bertz CT molecular complexity index is 1230. The van der Waals surface area contributed by atoms with Crippen LogP contribution in [0.4, 0.5) is 4.79 Å². The maximum atomic E-state index is 12.6. The number of carbonyl (C=O) groups is 2. The van der Waals surface area contributed by atoms with Crippen molar-refractivity contribution in [3.05, 3.63) is 64.8 Å². The van der Waals surface area contributed by atoms with Gasteiger partial charge in [-0.25, -0.2) is 4.79 Å². The highest BCUT2D eigenvalue weighted by atomic mass is 16.6. The van der Waals surface area contributed by atoms with Crippen LogP contribution in [0.5, 0.6) is 5.75 Å². The molecule has 0 saturated carbocycles. The third kappa shape index (κ3) is 6.18. The number of nitrogens with one attached hydrogen (secondary N) is 4. The van der Waals surface area contributed by atoms with Crippen molar-refractivity contribution in [3.63, 3.8) is 0 Å². The minimum atomic E-state index is -0.477. The molecule has 2 aromatic carbocycles. The summed E-state index contributed by atoms with van der Waals surface area (Å²) in [6.45, 7) is 7.68. The highest BCUT2D eigenvalue weighted by Gasteiger charge is 2.33. The van der Waals surface area contributed by atoms with Crippen molar-refractivity contribution in [3.8, 4) is 5.75 Å². The number of phenolic OH excluding ortho intramolecular Hbond substituents is 1. The second-order valence-corrected chi connectivity index (χ2v) is 10.3. The van der Waals surface area contributed by atoms with E-state index < -0.39 is 5.60 Å². The van der Waals surface area contributed by atoms with Gasteiger partial charge in [0, 0.05) is 40.8 Å². The van der Waals surface area contributed by atoms with Gasteiger partial charge in [-0.05, 0) is 70.0 Å². The van der Waals surface area contributed by atoms with Gasteiger partial charge >= 0.3 is 6.09 Å². The SMILES string of the molecule is CC(C)(C)OC(=O)NCCCCCCNCc1[nH]c2ccccc2c1C1NC(=O)c2ccc(O)cc21. The summed E-state index contributed by atoms with van der Waals surface area (Å²) in [5.41, 5.74) is 4.00. The number of alkyl carbamates (subject to hydrolysis) is 1. The lowest BCUT2D eigenvalue weighted by molar-refractivity contribution is 0.0526. The smallest absolute Gasteiger partial charge is 0.407 e. The number of amides is 2. The molecule has 36 heavy (non-hydrogen) atoms. The molecule has 0 fully saturated rings. The topological polar surface area (TPSA) is 115 Å². The Hall–Kier alpha value is -3.52. The summed E-state index contributed by atoms with van der Waals surface area (Å²) < 4.78 is 5.24. The summed E-state index contributed by atoms with van der Waals surface area (Å²) in [4.78, 5) is 27.8. The third-order valence-corrected chi connectivity index (χ3v) is 6.23. The molecular formula is C28H36N4O4. The van der Waals surface area contributed by atoms with Crippen LogP contribution >= 0.6 is 0 Å². The van der Waals surface area contributed by atoms with Crippen LogP contribution in [-0.2, 0) is 11.3 Å². The van der Waals surface area contributed by atoms with Gasteiger partial charge in [-0.2, -0.15) is 0 Å². The maximum Gasteiger partial charge on any atom is 0.407 e. The predicted octanol–water partition coefficient (Wildman–Crippen LogP) is 4.88. The number of benzene rings is 2. The minimum absolute atomic E-state index is 0.125. The standard InChI is InChI=1S/C28H36N4O4/c1-28(2,3)36-27(35)30-15-9-5-4-8-14-29-17-23-24(20-10-6-7-11-22(20)31-23)25-21-16-18(33)12-13-19(21)26(34)32-25/h6-7,10-13,16,25,29,31,33H,4-5,8-9,14-15,17H2,1-3H3,(H,30,35)(H,32,34). The van der Waals surface area contributed by atoms with Gasteiger partial charge in [-0.15, -0.1) is 0 Å². The molecule has 1 aliphatic rings. The van der Waals surface area contributed by atoms with Crippen molar-refractivity contribution >= 4 is 22.9 Å². The molecule has 0 bridgehead atoms. The van der Waals surface area contributed by atoms with Crippen LogP contribution in [0, 0.1) is 0 Å². The molecule has 2 heterocycles. The van der Waals surface area contributed by atoms with E-state index in [0.717, 1.165) is 60.0 Å². The zero-order valence-corrected chi connectivity index (χ0v) is 21.2. The second-order valence-electron chi connectivity index (χ2n) is 10.3. The molecule has 0 aliphatic carbocycles. The summed E-state index contributed by atoms with van der Waals surface area (Å²) in [7, 11) is 0. The van der Waals surface area contributed by atoms with Crippen LogP contribution in [0.3, 0.4) is 0 Å². The number of aromatic amines is 1. The summed E-state index contributed by atoms with van der Waals surface area (Å²) >= 11 is 0. The quantitative estimate of drug-likeness (QED) is 0.259. The van der Waals surface area contributed by atoms with Gasteiger partial charge in [0.25, 0.3) is 5.91 Å². The Morgan fingerprint density at radius 2 is 1.81 bits per heavy atom. The van der Waals surface area contributed by atoms with E-state index in [1.165, 1.54) is 0 Å². The number of aromatic nitrogens is 1. The van der Waals surface area contributed by atoms with E-state index in [0.29, 0.717) is 18.7 Å². The van der Waals surface area contributed by atoms with E-state index in [4.69, 9.17) is 4.74 Å². The van der Waals surface area contributed by atoms with Crippen molar-refractivity contribution in [1.29, 1.82) is 0 Å². The number of H-pyrrole nitrogens is 1. The first-order valence-corrected chi connectivity index (χ1v) is 12.6. The molecule has 2 amide bonds. The van der Waals surface area contributed by atoms with Crippen LogP contribution in [-0.4, -0.2) is 40.8 Å².